The Morgan fingerprint density at radius 2 is 1.83 bits per heavy atom. The number of rotatable bonds is 2. The van der Waals surface area contributed by atoms with Crippen LogP contribution >= 0.6 is 12.4 Å². The monoisotopic (exact) mass is 332 g/mol. The predicted molar refractivity (Wildman–Crippen MR) is 95.6 cm³/mol. The van der Waals surface area contributed by atoms with Gasteiger partial charge in [-0.1, -0.05) is 19.1 Å². The van der Waals surface area contributed by atoms with Crippen LogP contribution in [0.5, 0.6) is 0 Å². The summed E-state index contributed by atoms with van der Waals surface area (Å²) in [6.45, 7) is 6.14. The number of aromatic nitrogens is 2. The van der Waals surface area contributed by atoms with Crippen molar-refractivity contribution in [2.45, 2.75) is 13.3 Å². The van der Waals surface area contributed by atoms with Crippen LogP contribution in [0.3, 0.4) is 0 Å². The van der Waals surface area contributed by atoms with Crippen molar-refractivity contribution in [1.82, 2.24) is 14.9 Å². The lowest BCUT2D eigenvalue weighted by molar-refractivity contribution is 0.312. The molecular weight excluding hydrogens is 312 g/mol. The number of likely N-dealkylation sites (N-methyl/N-ethyl adjacent to an activating group) is 1. The third-order valence-corrected chi connectivity index (χ3v) is 4.37. The minimum atomic E-state index is 0. The van der Waals surface area contributed by atoms with Gasteiger partial charge in [-0.2, -0.15) is 0 Å². The molecule has 1 aromatic carbocycles. The van der Waals surface area contributed by atoms with Gasteiger partial charge in [0.05, 0.1) is 0 Å². The first kappa shape index (κ1) is 16.0. The van der Waals surface area contributed by atoms with Crippen molar-refractivity contribution in [3.05, 3.63) is 30.1 Å². The van der Waals surface area contributed by atoms with Crippen molar-refractivity contribution in [2.75, 3.05) is 38.1 Å². The van der Waals surface area contributed by atoms with E-state index in [1.165, 1.54) is 0 Å². The molecule has 3 aromatic rings. The maximum absolute atomic E-state index is 6.08. The molecule has 0 spiro atoms. The molecule has 0 aliphatic carbocycles. The Morgan fingerprint density at radius 1 is 1.09 bits per heavy atom. The summed E-state index contributed by atoms with van der Waals surface area (Å²) in [5.41, 5.74) is 2.65. The van der Waals surface area contributed by atoms with Gasteiger partial charge in [0.1, 0.15) is 16.9 Å². The van der Waals surface area contributed by atoms with E-state index in [0.29, 0.717) is 0 Å². The maximum atomic E-state index is 6.08. The Bertz CT molecular complexity index is 824. The molecule has 0 unspecified atom stereocenters. The number of piperazine rings is 1. The average molecular weight is 333 g/mol. The van der Waals surface area contributed by atoms with E-state index in [9.17, 15) is 0 Å². The minimum absolute atomic E-state index is 0. The van der Waals surface area contributed by atoms with Crippen molar-refractivity contribution in [1.29, 1.82) is 0 Å². The summed E-state index contributed by atoms with van der Waals surface area (Å²) in [5.74, 6) is 1.83. The van der Waals surface area contributed by atoms with Crippen LogP contribution in [0.25, 0.3) is 22.1 Å². The normalized spacial score (nSPS) is 16.0. The van der Waals surface area contributed by atoms with Crippen molar-refractivity contribution in [3.8, 4) is 0 Å². The molecule has 0 N–H and O–H groups in total. The van der Waals surface area contributed by atoms with E-state index in [4.69, 9.17) is 14.4 Å². The van der Waals surface area contributed by atoms with Crippen molar-refractivity contribution >= 4 is 40.3 Å². The van der Waals surface area contributed by atoms with E-state index in [2.05, 4.69) is 29.8 Å². The largest absolute Gasteiger partial charge is 0.450 e. The van der Waals surface area contributed by atoms with Crippen LogP contribution in [-0.2, 0) is 6.42 Å². The quantitative estimate of drug-likeness (QED) is 0.721. The van der Waals surface area contributed by atoms with E-state index in [1.54, 1.807) is 0 Å². The van der Waals surface area contributed by atoms with E-state index in [1.807, 2.05) is 18.2 Å². The molecule has 1 fully saturated rings. The number of hydrogen-bond acceptors (Lipinski definition) is 5. The molecule has 1 aliphatic rings. The molecular formula is C17H21ClN4O. The van der Waals surface area contributed by atoms with Crippen molar-refractivity contribution < 1.29 is 4.42 Å². The van der Waals surface area contributed by atoms with Gasteiger partial charge in [-0.3, -0.25) is 0 Å². The summed E-state index contributed by atoms with van der Waals surface area (Å²) < 4.78 is 6.08. The molecule has 0 saturated carbocycles. The van der Waals surface area contributed by atoms with Crippen LogP contribution < -0.4 is 4.90 Å². The Balaban J connectivity index is 0.00000156. The van der Waals surface area contributed by atoms with Crippen LogP contribution in [0, 0.1) is 0 Å². The van der Waals surface area contributed by atoms with Crippen LogP contribution in [0.4, 0.5) is 5.82 Å². The van der Waals surface area contributed by atoms with E-state index in [-0.39, 0.29) is 12.4 Å². The smallest absolute Gasteiger partial charge is 0.196 e. The summed E-state index contributed by atoms with van der Waals surface area (Å²) in [5, 5.41) is 1.07. The first-order valence-electron chi connectivity index (χ1n) is 7.88. The molecule has 3 heterocycles. The zero-order chi connectivity index (χ0) is 15.1. The molecule has 4 rings (SSSR count). The van der Waals surface area contributed by atoms with Crippen LogP contribution in [0.2, 0.25) is 0 Å². The molecule has 1 saturated heterocycles. The SMILES string of the molecule is CCc1nc(N2CCN(C)CC2)c2oc3ccccc3c2n1.Cl. The summed E-state index contributed by atoms with van der Waals surface area (Å²) in [6, 6.07) is 8.09. The fourth-order valence-corrected chi connectivity index (χ4v) is 3.01. The average Bonchev–Trinajstić information content (AvgIpc) is 2.93. The lowest BCUT2D eigenvalue weighted by Gasteiger charge is -2.33. The number of para-hydroxylation sites is 1. The molecule has 0 bridgehead atoms. The summed E-state index contributed by atoms with van der Waals surface area (Å²) in [4.78, 5) is 14.1. The Morgan fingerprint density at radius 3 is 2.57 bits per heavy atom. The molecule has 122 valence electrons. The molecule has 5 nitrogen and oxygen atoms in total. The molecule has 0 radical (unpaired) electrons. The number of fused-ring (bicyclic) bond motifs is 3. The third kappa shape index (κ3) is 2.75. The zero-order valence-electron chi connectivity index (χ0n) is 13.5. The number of halogens is 1. The standard InChI is InChI=1S/C17H20N4O.ClH/c1-3-14-18-15-12-6-4-5-7-13(12)22-16(15)17(19-14)21-10-8-20(2)9-11-21;/h4-7H,3,8-11H2,1-2H3;1H. The number of furan rings is 1. The predicted octanol–water partition coefficient (Wildman–Crippen LogP) is 3.11. The molecule has 6 heteroatoms. The van der Waals surface area contributed by atoms with Gasteiger partial charge in [0.15, 0.2) is 11.4 Å². The van der Waals surface area contributed by atoms with Crippen molar-refractivity contribution in [3.63, 3.8) is 0 Å². The number of anilines is 1. The third-order valence-electron chi connectivity index (χ3n) is 4.37. The van der Waals surface area contributed by atoms with Crippen LogP contribution in [0.1, 0.15) is 12.7 Å². The summed E-state index contributed by atoms with van der Waals surface area (Å²) in [6.07, 6.45) is 0.830. The lowest BCUT2D eigenvalue weighted by Crippen LogP contribution is -2.45. The maximum Gasteiger partial charge on any atom is 0.196 e. The Kier molecular flexibility index (Phi) is 4.41. The topological polar surface area (TPSA) is 45.4 Å². The van der Waals surface area contributed by atoms with Gasteiger partial charge < -0.3 is 14.2 Å². The summed E-state index contributed by atoms with van der Waals surface area (Å²) >= 11 is 0. The van der Waals surface area contributed by atoms with Gasteiger partial charge in [0.25, 0.3) is 0 Å². The molecule has 23 heavy (non-hydrogen) atoms. The van der Waals surface area contributed by atoms with Gasteiger partial charge in [-0.05, 0) is 19.2 Å². The van der Waals surface area contributed by atoms with Crippen LogP contribution in [-0.4, -0.2) is 48.1 Å². The number of benzene rings is 1. The highest BCUT2D eigenvalue weighted by atomic mass is 35.5. The second kappa shape index (κ2) is 6.34. The second-order valence-electron chi connectivity index (χ2n) is 5.88. The first-order chi connectivity index (χ1) is 10.8. The van der Waals surface area contributed by atoms with Gasteiger partial charge in [-0.15, -0.1) is 12.4 Å². The van der Waals surface area contributed by atoms with Gasteiger partial charge >= 0.3 is 0 Å². The lowest BCUT2D eigenvalue weighted by atomic mass is 10.2. The molecule has 0 amide bonds. The van der Waals surface area contributed by atoms with Crippen LogP contribution in [0.15, 0.2) is 28.7 Å². The zero-order valence-corrected chi connectivity index (χ0v) is 14.3. The van der Waals surface area contributed by atoms with E-state index < -0.39 is 0 Å². The minimum Gasteiger partial charge on any atom is -0.450 e. The van der Waals surface area contributed by atoms with Gasteiger partial charge in [0, 0.05) is 38.0 Å². The van der Waals surface area contributed by atoms with E-state index >= 15 is 0 Å². The highest BCUT2D eigenvalue weighted by molar-refractivity contribution is 6.05. The van der Waals surface area contributed by atoms with Gasteiger partial charge in [-0.25, -0.2) is 9.97 Å². The van der Waals surface area contributed by atoms with E-state index in [0.717, 1.165) is 66.3 Å². The molecule has 0 atom stereocenters. The number of nitrogens with zero attached hydrogens (tertiary/aromatic N) is 4. The van der Waals surface area contributed by atoms with Gasteiger partial charge in [0.2, 0.25) is 0 Å². The molecule has 1 aliphatic heterocycles. The first-order valence-corrected chi connectivity index (χ1v) is 7.88. The Hall–Kier alpha value is -1.85. The number of hydrogen-bond donors (Lipinski definition) is 0. The fourth-order valence-electron chi connectivity index (χ4n) is 3.01. The second-order valence-corrected chi connectivity index (χ2v) is 5.88. The fraction of sp³-hybridized carbons (Fsp3) is 0.412. The van der Waals surface area contributed by atoms with Crippen molar-refractivity contribution in [2.24, 2.45) is 0 Å². The highest BCUT2D eigenvalue weighted by Crippen LogP contribution is 2.33. The number of aryl methyl sites for hydroxylation is 1. The molecule has 2 aromatic heterocycles. The summed E-state index contributed by atoms with van der Waals surface area (Å²) in [7, 11) is 2.16. The highest BCUT2D eigenvalue weighted by Gasteiger charge is 2.22. The Labute approximate surface area is 141 Å².